The molecule has 0 saturated heterocycles. The molecule has 2 heteroatoms. The quantitative estimate of drug-likeness (QED) is 0.692. The summed E-state index contributed by atoms with van der Waals surface area (Å²) in [6, 6.07) is 4.50. The summed E-state index contributed by atoms with van der Waals surface area (Å²) >= 11 is 0. The topological polar surface area (TPSA) is 35.2 Å². The van der Waals surface area contributed by atoms with E-state index >= 15 is 0 Å². The summed E-state index contributed by atoms with van der Waals surface area (Å²) in [5.74, 6) is 0.985. The molecule has 1 rings (SSSR count). The van der Waals surface area contributed by atoms with E-state index < -0.39 is 0 Å². The van der Waals surface area contributed by atoms with E-state index in [2.05, 4.69) is 32.9 Å². The van der Waals surface area contributed by atoms with E-state index in [9.17, 15) is 0 Å². The van der Waals surface area contributed by atoms with Crippen molar-refractivity contribution in [2.75, 3.05) is 7.11 Å². The maximum absolute atomic E-state index is 6.30. The zero-order chi connectivity index (χ0) is 14.3. The molecule has 1 atom stereocenters. The maximum Gasteiger partial charge on any atom is 0.124 e. The van der Waals surface area contributed by atoms with Gasteiger partial charge in [-0.2, -0.15) is 0 Å². The fourth-order valence-corrected chi connectivity index (χ4v) is 2.65. The first-order valence-corrected chi connectivity index (χ1v) is 7.50. The third-order valence-electron chi connectivity index (χ3n) is 3.73. The fourth-order valence-electron chi connectivity index (χ4n) is 2.65. The van der Waals surface area contributed by atoms with E-state index in [4.69, 9.17) is 10.5 Å². The van der Waals surface area contributed by atoms with Crippen LogP contribution in [0.5, 0.6) is 5.75 Å². The Bertz CT molecular complexity index is 364. The normalized spacial score (nSPS) is 12.5. The van der Waals surface area contributed by atoms with E-state index in [-0.39, 0.29) is 6.04 Å². The molecule has 0 heterocycles. The molecule has 19 heavy (non-hydrogen) atoms. The molecule has 1 unspecified atom stereocenters. The van der Waals surface area contributed by atoms with Crippen LogP contribution in [-0.4, -0.2) is 7.11 Å². The van der Waals surface area contributed by atoms with E-state index in [1.807, 2.05) is 0 Å². The van der Waals surface area contributed by atoms with Gasteiger partial charge in [0.25, 0.3) is 0 Å². The van der Waals surface area contributed by atoms with Crippen LogP contribution in [0, 0.1) is 13.8 Å². The minimum absolute atomic E-state index is 0.157. The average molecular weight is 263 g/mol. The highest BCUT2D eigenvalue weighted by Crippen LogP contribution is 2.28. The summed E-state index contributed by atoms with van der Waals surface area (Å²) in [4.78, 5) is 0. The van der Waals surface area contributed by atoms with Crippen LogP contribution in [-0.2, 0) is 0 Å². The first-order chi connectivity index (χ1) is 9.10. The first kappa shape index (κ1) is 16.0. The van der Waals surface area contributed by atoms with Crippen molar-refractivity contribution in [3.8, 4) is 5.75 Å². The maximum atomic E-state index is 6.30. The Kier molecular flexibility index (Phi) is 6.93. The minimum atomic E-state index is 0.157. The van der Waals surface area contributed by atoms with Gasteiger partial charge in [0, 0.05) is 6.04 Å². The predicted molar refractivity (Wildman–Crippen MR) is 82.8 cm³/mol. The van der Waals surface area contributed by atoms with Crippen LogP contribution in [0.1, 0.15) is 68.2 Å². The van der Waals surface area contributed by atoms with Crippen LogP contribution >= 0.6 is 0 Å². The molecule has 0 aliphatic rings. The highest BCUT2D eigenvalue weighted by molar-refractivity contribution is 5.44. The van der Waals surface area contributed by atoms with Gasteiger partial charge in [0.1, 0.15) is 5.75 Å². The summed E-state index contributed by atoms with van der Waals surface area (Å²) in [6.45, 7) is 6.42. The Hall–Kier alpha value is -1.02. The zero-order valence-corrected chi connectivity index (χ0v) is 13.0. The van der Waals surface area contributed by atoms with Crippen molar-refractivity contribution in [2.24, 2.45) is 5.73 Å². The van der Waals surface area contributed by atoms with Gasteiger partial charge in [0.05, 0.1) is 7.11 Å². The number of rotatable bonds is 8. The molecular weight excluding hydrogens is 234 g/mol. The molecule has 0 aliphatic carbocycles. The van der Waals surface area contributed by atoms with Gasteiger partial charge in [-0.15, -0.1) is 0 Å². The van der Waals surface area contributed by atoms with Crippen LogP contribution in [0.25, 0.3) is 0 Å². The second kappa shape index (κ2) is 8.21. The van der Waals surface area contributed by atoms with Gasteiger partial charge < -0.3 is 10.5 Å². The van der Waals surface area contributed by atoms with Gasteiger partial charge in [-0.1, -0.05) is 51.2 Å². The molecule has 0 amide bonds. The second-order valence-electron chi connectivity index (χ2n) is 5.50. The largest absolute Gasteiger partial charge is 0.496 e. The number of methoxy groups -OCH3 is 1. The molecule has 0 radical (unpaired) electrons. The Labute approximate surface area is 118 Å². The monoisotopic (exact) mass is 263 g/mol. The summed E-state index contributed by atoms with van der Waals surface area (Å²) < 4.78 is 5.40. The van der Waals surface area contributed by atoms with Crippen molar-refractivity contribution in [3.63, 3.8) is 0 Å². The van der Waals surface area contributed by atoms with Crippen molar-refractivity contribution >= 4 is 0 Å². The van der Waals surface area contributed by atoms with Crippen molar-refractivity contribution in [1.29, 1.82) is 0 Å². The van der Waals surface area contributed by atoms with E-state index in [0.29, 0.717) is 0 Å². The number of aryl methyl sites for hydroxylation is 2. The number of unbranched alkanes of at least 4 members (excludes halogenated alkanes) is 4. The highest BCUT2D eigenvalue weighted by atomic mass is 16.5. The lowest BCUT2D eigenvalue weighted by Gasteiger charge is -2.16. The number of hydrogen-bond donors (Lipinski definition) is 1. The second-order valence-corrected chi connectivity index (χ2v) is 5.50. The molecule has 2 nitrogen and oxygen atoms in total. The molecule has 1 aromatic rings. The Morgan fingerprint density at radius 1 is 1.05 bits per heavy atom. The SMILES string of the molecule is CCCCCCCC(N)c1cc(C)c(OC)c(C)c1. The van der Waals surface area contributed by atoms with E-state index in [0.717, 1.165) is 12.2 Å². The minimum Gasteiger partial charge on any atom is -0.496 e. The summed E-state index contributed by atoms with van der Waals surface area (Å²) in [5, 5.41) is 0. The first-order valence-electron chi connectivity index (χ1n) is 7.50. The molecule has 108 valence electrons. The van der Waals surface area contributed by atoms with Crippen molar-refractivity contribution in [1.82, 2.24) is 0 Å². The van der Waals surface area contributed by atoms with E-state index in [1.165, 1.54) is 48.8 Å². The van der Waals surface area contributed by atoms with Crippen LogP contribution in [0.4, 0.5) is 0 Å². The molecule has 0 spiro atoms. The van der Waals surface area contributed by atoms with Gasteiger partial charge in [-0.3, -0.25) is 0 Å². The lowest BCUT2D eigenvalue weighted by Crippen LogP contribution is -2.11. The molecule has 0 aromatic heterocycles. The molecule has 0 saturated carbocycles. The Morgan fingerprint density at radius 3 is 2.16 bits per heavy atom. The third-order valence-corrected chi connectivity index (χ3v) is 3.73. The molecule has 0 bridgehead atoms. The Morgan fingerprint density at radius 2 is 1.63 bits per heavy atom. The van der Waals surface area contributed by atoms with Gasteiger partial charge in [0.15, 0.2) is 0 Å². The summed E-state index contributed by atoms with van der Waals surface area (Å²) in [5.41, 5.74) is 9.90. The summed E-state index contributed by atoms with van der Waals surface area (Å²) in [7, 11) is 1.72. The third kappa shape index (κ3) is 4.87. The number of ether oxygens (including phenoxy) is 1. The summed E-state index contributed by atoms with van der Waals surface area (Å²) in [6.07, 6.45) is 7.58. The number of nitrogens with two attached hydrogens (primary N) is 1. The fraction of sp³-hybridized carbons (Fsp3) is 0.647. The number of hydrogen-bond acceptors (Lipinski definition) is 2. The molecular formula is C17H29NO. The van der Waals surface area contributed by atoms with Crippen molar-refractivity contribution < 1.29 is 4.74 Å². The predicted octanol–water partition coefficient (Wildman–Crippen LogP) is 4.67. The van der Waals surface area contributed by atoms with Gasteiger partial charge in [0.2, 0.25) is 0 Å². The zero-order valence-electron chi connectivity index (χ0n) is 13.0. The van der Waals surface area contributed by atoms with Crippen molar-refractivity contribution in [2.45, 2.75) is 65.3 Å². The Balaban J connectivity index is 2.55. The van der Waals surface area contributed by atoms with Gasteiger partial charge >= 0.3 is 0 Å². The van der Waals surface area contributed by atoms with Crippen LogP contribution in [0.3, 0.4) is 0 Å². The van der Waals surface area contributed by atoms with Gasteiger partial charge in [-0.25, -0.2) is 0 Å². The molecule has 0 aliphatic heterocycles. The average Bonchev–Trinajstić information content (AvgIpc) is 2.38. The van der Waals surface area contributed by atoms with Crippen LogP contribution < -0.4 is 10.5 Å². The smallest absolute Gasteiger partial charge is 0.124 e. The molecule has 0 fully saturated rings. The number of benzene rings is 1. The highest BCUT2D eigenvalue weighted by Gasteiger charge is 2.10. The van der Waals surface area contributed by atoms with E-state index in [1.54, 1.807) is 7.11 Å². The standard InChI is InChI=1S/C17H29NO/c1-5-6-7-8-9-10-16(18)15-11-13(2)17(19-4)14(3)12-15/h11-12,16H,5-10,18H2,1-4H3. The lowest BCUT2D eigenvalue weighted by molar-refractivity contribution is 0.408. The van der Waals surface area contributed by atoms with Gasteiger partial charge in [-0.05, 0) is 37.0 Å². The lowest BCUT2D eigenvalue weighted by atomic mass is 9.96. The van der Waals surface area contributed by atoms with Crippen molar-refractivity contribution in [3.05, 3.63) is 28.8 Å². The van der Waals surface area contributed by atoms with Crippen LogP contribution in [0.15, 0.2) is 12.1 Å². The molecule has 2 N–H and O–H groups in total. The molecule has 1 aromatic carbocycles. The van der Waals surface area contributed by atoms with Crippen LogP contribution in [0.2, 0.25) is 0 Å².